The van der Waals surface area contributed by atoms with Gasteiger partial charge >= 0.3 is 0 Å². The molecule has 1 rings (SSSR count). The molecule has 1 aliphatic rings. The van der Waals surface area contributed by atoms with E-state index in [9.17, 15) is 0 Å². The molecule has 1 fully saturated rings. The maximum absolute atomic E-state index is 6.16. The Balaban J connectivity index is 2.05. The summed E-state index contributed by atoms with van der Waals surface area (Å²) in [4.78, 5) is 0. The van der Waals surface area contributed by atoms with Crippen LogP contribution in [-0.2, 0) is 4.74 Å². The van der Waals surface area contributed by atoms with Gasteiger partial charge in [0.2, 0.25) is 0 Å². The van der Waals surface area contributed by atoms with Crippen LogP contribution in [0, 0.1) is 0 Å². The largest absolute Gasteiger partial charge is 0.381 e. The average molecular weight is 171 g/mol. The van der Waals surface area contributed by atoms with Crippen molar-refractivity contribution >= 4 is 0 Å². The lowest BCUT2D eigenvalue weighted by atomic mass is 9.95. The minimum Gasteiger partial charge on any atom is -0.381 e. The summed E-state index contributed by atoms with van der Waals surface area (Å²) in [5.41, 5.74) is 6.28. The van der Waals surface area contributed by atoms with E-state index in [1.807, 2.05) is 0 Å². The first-order valence-corrected chi connectivity index (χ1v) is 5.13. The first-order valence-electron chi connectivity index (χ1n) is 5.13. The van der Waals surface area contributed by atoms with Gasteiger partial charge in [-0.15, -0.1) is 0 Å². The monoisotopic (exact) mass is 171 g/mol. The van der Waals surface area contributed by atoms with Gasteiger partial charge in [0.25, 0.3) is 0 Å². The Labute approximate surface area is 75.5 Å². The molecule has 72 valence electrons. The minimum atomic E-state index is 0.119. The van der Waals surface area contributed by atoms with Crippen LogP contribution in [0.5, 0.6) is 0 Å². The molecular weight excluding hydrogens is 150 g/mol. The lowest BCUT2D eigenvalue weighted by molar-refractivity contribution is 0.115. The van der Waals surface area contributed by atoms with Crippen molar-refractivity contribution in [1.82, 2.24) is 0 Å². The lowest BCUT2D eigenvalue weighted by Gasteiger charge is -2.22. The molecule has 2 nitrogen and oxygen atoms in total. The molecule has 0 aromatic rings. The predicted octanol–water partition coefficient (Wildman–Crippen LogP) is 2.07. The Bertz CT molecular complexity index is 119. The van der Waals surface area contributed by atoms with Gasteiger partial charge < -0.3 is 10.5 Å². The van der Waals surface area contributed by atoms with Crippen LogP contribution < -0.4 is 5.73 Å². The van der Waals surface area contributed by atoms with Gasteiger partial charge in [0.05, 0.1) is 0 Å². The lowest BCUT2D eigenvalue weighted by Crippen LogP contribution is -2.37. The molecule has 0 unspecified atom stereocenters. The SMILES string of the molecule is CCCOCCC1(N)CCCC1. The van der Waals surface area contributed by atoms with Crippen molar-refractivity contribution < 1.29 is 4.74 Å². The number of rotatable bonds is 5. The van der Waals surface area contributed by atoms with Gasteiger partial charge in [0.15, 0.2) is 0 Å². The summed E-state index contributed by atoms with van der Waals surface area (Å²) in [7, 11) is 0. The molecule has 0 bridgehead atoms. The van der Waals surface area contributed by atoms with Gasteiger partial charge in [-0.2, -0.15) is 0 Å². The molecular formula is C10H21NO. The highest BCUT2D eigenvalue weighted by Gasteiger charge is 2.28. The van der Waals surface area contributed by atoms with E-state index in [1.54, 1.807) is 0 Å². The number of hydrogen-bond donors (Lipinski definition) is 1. The fraction of sp³-hybridized carbons (Fsp3) is 1.00. The average Bonchev–Trinajstić information content (AvgIpc) is 2.47. The van der Waals surface area contributed by atoms with E-state index in [0.29, 0.717) is 0 Å². The maximum Gasteiger partial charge on any atom is 0.0483 e. The molecule has 1 aliphatic carbocycles. The van der Waals surface area contributed by atoms with Crippen molar-refractivity contribution in [2.45, 2.75) is 51.0 Å². The third kappa shape index (κ3) is 3.11. The van der Waals surface area contributed by atoms with Crippen LogP contribution in [0.1, 0.15) is 45.4 Å². The van der Waals surface area contributed by atoms with Gasteiger partial charge in [0.1, 0.15) is 0 Å². The standard InChI is InChI=1S/C10H21NO/c1-2-8-12-9-7-10(11)5-3-4-6-10/h2-9,11H2,1H3. The van der Waals surface area contributed by atoms with Gasteiger partial charge in [0, 0.05) is 18.8 Å². The number of nitrogens with two attached hydrogens (primary N) is 1. The molecule has 1 saturated carbocycles. The smallest absolute Gasteiger partial charge is 0.0483 e. The van der Waals surface area contributed by atoms with E-state index in [2.05, 4.69) is 6.92 Å². The minimum absolute atomic E-state index is 0.119. The van der Waals surface area contributed by atoms with Crippen LogP contribution in [0.25, 0.3) is 0 Å². The first kappa shape index (κ1) is 10.0. The summed E-state index contributed by atoms with van der Waals surface area (Å²) in [5, 5.41) is 0. The summed E-state index contributed by atoms with van der Waals surface area (Å²) in [6.45, 7) is 3.87. The van der Waals surface area contributed by atoms with Crippen LogP contribution in [0.3, 0.4) is 0 Å². The van der Waals surface area contributed by atoms with Gasteiger partial charge in [-0.3, -0.25) is 0 Å². The Morgan fingerprint density at radius 3 is 2.50 bits per heavy atom. The molecule has 0 atom stereocenters. The predicted molar refractivity (Wildman–Crippen MR) is 51.1 cm³/mol. The third-order valence-corrected chi connectivity index (χ3v) is 2.69. The summed E-state index contributed by atoms with van der Waals surface area (Å²) in [6, 6.07) is 0. The molecule has 12 heavy (non-hydrogen) atoms. The second-order valence-electron chi connectivity index (χ2n) is 3.93. The molecule has 0 heterocycles. The van der Waals surface area contributed by atoms with E-state index >= 15 is 0 Å². The second kappa shape index (κ2) is 4.83. The highest BCUT2D eigenvalue weighted by atomic mass is 16.5. The summed E-state index contributed by atoms with van der Waals surface area (Å²) >= 11 is 0. The van der Waals surface area contributed by atoms with Crippen LogP contribution in [0.15, 0.2) is 0 Å². The van der Waals surface area contributed by atoms with E-state index in [4.69, 9.17) is 10.5 Å². The first-order chi connectivity index (χ1) is 5.77. The molecule has 0 radical (unpaired) electrons. The third-order valence-electron chi connectivity index (χ3n) is 2.69. The van der Waals surface area contributed by atoms with Gasteiger partial charge in [-0.25, -0.2) is 0 Å². The Morgan fingerprint density at radius 2 is 1.92 bits per heavy atom. The summed E-state index contributed by atoms with van der Waals surface area (Å²) in [6.07, 6.45) is 7.17. The highest BCUT2D eigenvalue weighted by molar-refractivity contribution is 4.88. The summed E-state index contributed by atoms with van der Waals surface area (Å²) < 4.78 is 5.43. The van der Waals surface area contributed by atoms with Gasteiger partial charge in [-0.1, -0.05) is 19.8 Å². The zero-order chi connectivity index (χ0) is 8.86. The maximum atomic E-state index is 6.16. The zero-order valence-electron chi connectivity index (χ0n) is 8.14. The fourth-order valence-corrected chi connectivity index (χ4v) is 1.85. The Kier molecular flexibility index (Phi) is 4.02. The molecule has 0 aromatic heterocycles. The molecule has 2 heteroatoms. The number of hydrogen-bond acceptors (Lipinski definition) is 2. The van der Waals surface area contributed by atoms with Crippen molar-refractivity contribution in [1.29, 1.82) is 0 Å². The molecule has 0 aromatic carbocycles. The van der Waals surface area contributed by atoms with Crippen molar-refractivity contribution in [3.8, 4) is 0 Å². The van der Waals surface area contributed by atoms with Crippen molar-refractivity contribution in [2.24, 2.45) is 5.73 Å². The topological polar surface area (TPSA) is 35.2 Å². The van der Waals surface area contributed by atoms with E-state index in [-0.39, 0.29) is 5.54 Å². The normalized spacial score (nSPS) is 21.5. The van der Waals surface area contributed by atoms with E-state index in [1.165, 1.54) is 25.7 Å². The van der Waals surface area contributed by atoms with Crippen LogP contribution >= 0.6 is 0 Å². The Hall–Kier alpha value is -0.0800. The second-order valence-corrected chi connectivity index (χ2v) is 3.93. The van der Waals surface area contributed by atoms with Crippen molar-refractivity contribution in [3.05, 3.63) is 0 Å². The molecule has 0 saturated heterocycles. The molecule has 2 N–H and O–H groups in total. The van der Waals surface area contributed by atoms with E-state index in [0.717, 1.165) is 26.1 Å². The zero-order valence-corrected chi connectivity index (χ0v) is 8.14. The number of ether oxygens (including phenoxy) is 1. The van der Waals surface area contributed by atoms with Crippen LogP contribution in [0.4, 0.5) is 0 Å². The molecule has 0 aliphatic heterocycles. The summed E-state index contributed by atoms with van der Waals surface area (Å²) in [5.74, 6) is 0. The van der Waals surface area contributed by atoms with E-state index < -0.39 is 0 Å². The molecule has 0 amide bonds. The van der Waals surface area contributed by atoms with Crippen molar-refractivity contribution in [3.63, 3.8) is 0 Å². The highest BCUT2D eigenvalue weighted by Crippen LogP contribution is 2.29. The molecule has 0 spiro atoms. The van der Waals surface area contributed by atoms with Gasteiger partial charge in [-0.05, 0) is 25.7 Å². The Morgan fingerprint density at radius 1 is 1.25 bits per heavy atom. The van der Waals surface area contributed by atoms with Crippen molar-refractivity contribution in [2.75, 3.05) is 13.2 Å². The quantitative estimate of drug-likeness (QED) is 0.643. The van der Waals surface area contributed by atoms with Crippen LogP contribution in [0.2, 0.25) is 0 Å². The fourth-order valence-electron chi connectivity index (χ4n) is 1.85. The van der Waals surface area contributed by atoms with Crippen LogP contribution in [-0.4, -0.2) is 18.8 Å².